The highest BCUT2D eigenvalue weighted by molar-refractivity contribution is 5.29. The van der Waals surface area contributed by atoms with Gasteiger partial charge in [0.2, 0.25) is 0 Å². The summed E-state index contributed by atoms with van der Waals surface area (Å²) in [5.41, 5.74) is 3.01. The van der Waals surface area contributed by atoms with Gasteiger partial charge in [-0.15, -0.1) is 0 Å². The molecule has 0 bridgehead atoms. The third-order valence-corrected chi connectivity index (χ3v) is 3.32. The van der Waals surface area contributed by atoms with Crippen molar-refractivity contribution >= 4 is 0 Å². The van der Waals surface area contributed by atoms with Gasteiger partial charge in [0, 0.05) is 12.6 Å². The van der Waals surface area contributed by atoms with Crippen LogP contribution in [0.15, 0.2) is 24.3 Å². The van der Waals surface area contributed by atoms with E-state index in [0.29, 0.717) is 6.04 Å². The minimum absolute atomic E-state index is 0.675. The van der Waals surface area contributed by atoms with E-state index in [4.69, 9.17) is 0 Å². The van der Waals surface area contributed by atoms with E-state index < -0.39 is 0 Å². The second-order valence-electron chi connectivity index (χ2n) is 4.55. The van der Waals surface area contributed by atoms with Crippen LogP contribution in [0.2, 0.25) is 0 Å². The summed E-state index contributed by atoms with van der Waals surface area (Å²) in [5.74, 6) is 0. The van der Waals surface area contributed by atoms with E-state index in [1.165, 1.54) is 30.4 Å². The average Bonchev–Trinajstić information content (AvgIpc) is 2.34. The van der Waals surface area contributed by atoms with Crippen LogP contribution in [0.25, 0.3) is 0 Å². The number of hydrogen-bond acceptors (Lipinski definition) is 2. The van der Waals surface area contributed by atoms with Crippen molar-refractivity contribution in [1.82, 2.24) is 10.6 Å². The van der Waals surface area contributed by atoms with E-state index >= 15 is 0 Å². The van der Waals surface area contributed by atoms with E-state index in [2.05, 4.69) is 41.8 Å². The van der Waals surface area contributed by atoms with Gasteiger partial charge in [0.15, 0.2) is 0 Å². The number of benzene rings is 1. The van der Waals surface area contributed by atoms with E-state index in [0.717, 1.165) is 19.6 Å². The molecule has 0 saturated carbocycles. The molecule has 1 aromatic rings. The summed E-state index contributed by atoms with van der Waals surface area (Å²) < 4.78 is 0. The van der Waals surface area contributed by atoms with Crippen molar-refractivity contribution in [3.63, 3.8) is 0 Å². The molecule has 16 heavy (non-hydrogen) atoms. The van der Waals surface area contributed by atoms with Crippen molar-refractivity contribution in [1.29, 1.82) is 0 Å². The Kier molecular flexibility index (Phi) is 4.37. The van der Waals surface area contributed by atoms with Crippen LogP contribution in [0.1, 0.15) is 30.9 Å². The largest absolute Gasteiger partial charge is 0.317 e. The molecule has 2 N–H and O–H groups in total. The van der Waals surface area contributed by atoms with Gasteiger partial charge < -0.3 is 10.6 Å². The second-order valence-corrected chi connectivity index (χ2v) is 4.55. The highest BCUT2D eigenvalue weighted by atomic mass is 14.9. The molecule has 0 fully saturated rings. The number of nitrogens with one attached hydrogen (secondary N) is 2. The third kappa shape index (κ3) is 3.06. The van der Waals surface area contributed by atoms with Crippen molar-refractivity contribution in [3.8, 4) is 0 Å². The van der Waals surface area contributed by atoms with Gasteiger partial charge in [0.25, 0.3) is 0 Å². The van der Waals surface area contributed by atoms with Crippen molar-refractivity contribution in [3.05, 3.63) is 35.4 Å². The molecule has 1 aliphatic heterocycles. The van der Waals surface area contributed by atoms with Crippen LogP contribution in [0.5, 0.6) is 0 Å². The highest BCUT2D eigenvalue weighted by Gasteiger charge is 2.16. The van der Waals surface area contributed by atoms with Crippen molar-refractivity contribution in [2.75, 3.05) is 13.1 Å². The topological polar surface area (TPSA) is 24.1 Å². The van der Waals surface area contributed by atoms with Gasteiger partial charge in [0.05, 0.1) is 0 Å². The van der Waals surface area contributed by atoms with Gasteiger partial charge in [-0.25, -0.2) is 0 Å². The van der Waals surface area contributed by atoms with E-state index in [1.807, 2.05) is 0 Å². The van der Waals surface area contributed by atoms with Crippen LogP contribution < -0.4 is 10.6 Å². The van der Waals surface area contributed by atoms with Crippen LogP contribution in [0.4, 0.5) is 0 Å². The molecule has 0 radical (unpaired) electrons. The zero-order valence-electron chi connectivity index (χ0n) is 10.1. The summed E-state index contributed by atoms with van der Waals surface area (Å²) >= 11 is 0. The van der Waals surface area contributed by atoms with Crippen molar-refractivity contribution < 1.29 is 0 Å². The predicted octanol–water partition coefficient (Wildman–Crippen LogP) is 2.09. The maximum Gasteiger partial charge on any atom is 0.0210 e. The molecule has 2 nitrogen and oxygen atoms in total. The zero-order valence-corrected chi connectivity index (χ0v) is 10.1. The number of fused-ring (bicyclic) bond motifs is 1. The molecule has 2 rings (SSSR count). The molecular formula is C14H22N2. The van der Waals surface area contributed by atoms with Crippen LogP contribution in [-0.2, 0) is 13.0 Å². The minimum Gasteiger partial charge on any atom is -0.317 e. The van der Waals surface area contributed by atoms with Gasteiger partial charge in [0.1, 0.15) is 0 Å². The molecule has 2 heteroatoms. The van der Waals surface area contributed by atoms with Crippen LogP contribution in [0.3, 0.4) is 0 Å². The standard InChI is InChI=1S/C14H22N2/c1-2-15-9-5-8-14-10-12-6-3-4-7-13(12)11-16-14/h3-4,6-7,14-16H,2,5,8-11H2,1H3. The van der Waals surface area contributed by atoms with Crippen molar-refractivity contribution in [2.24, 2.45) is 0 Å². The number of hydrogen-bond donors (Lipinski definition) is 2. The Morgan fingerprint density at radius 2 is 2.12 bits per heavy atom. The molecule has 1 aromatic carbocycles. The molecule has 0 aromatic heterocycles. The Morgan fingerprint density at radius 3 is 2.94 bits per heavy atom. The summed E-state index contributed by atoms with van der Waals surface area (Å²) in [6.07, 6.45) is 3.75. The lowest BCUT2D eigenvalue weighted by atomic mass is 9.93. The molecule has 1 unspecified atom stereocenters. The normalized spacial score (nSPS) is 19.4. The zero-order chi connectivity index (χ0) is 11.2. The van der Waals surface area contributed by atoms with Gasteiger partial charge >= 0.3 is 0 Å². The fourth-order valence-electron chi connectivity index (χ4n) is 2.38. The molecule has 0 spiro atoms. The van der Waals surface area contributed by atoms with Crippen LogP contribution in [-0.4, -0.2) is 19.1 Å². The second kappa shape index (κ2) is 6.02. The van der Waals surface area contributed by atoms with E-state index in [-0.39, 0.29) is 0 Å². The average molecular weight is 218 g/mol. The SMILES string of the molecule is CCNCCCC1Cc2ccccc2CN1. The predicted molar refractivity (Wildman–Crippen MR) is 68.6 cm³/mol. The Morgan fingerprint density at radius 1 is 1.31 bits per heavy atom. The van der Waals surface area contributed by atoms with Crippen molar-refractivity contribution in [2.45, 2.75) is 38.8 Å². The third-order valence-electron chi connectivity index (χ3n) is 3.32. The molecule has 1 heterocycles. The summed E-state index contributed by atoms with van der Waals surface area (Å²) in [6, 6.07) is 9.46. The van der Waals surface area contributed by atoms with E-state index in [9.17, 15) is 0 Å². The maximum atomic E-state index is 3.62. The first-order valence-corrected chi connectivity index (χ1v) is 6.41. The first-order chi connectivity index (χ1) is 7.90. The fourth-order valence-corrected chi connectivity index (χ4v) is 2.38. The molecule has 88 valence electrons. The molecule has 1 atom stereocenters. The Labute approximate surface area is 98.4 Å². The smallest absolute Gasteiger partial charge is 0.0210 e. The van der Waals surface area contributed by atoms with Crippen LogP contribution >= 0.6 is 0 Å². The Hall–Kier alpha value is -0.860. The Balaban J connectivity index is 1.79. The van der Waals surface area contributed by atoms with Gasteiger partial charge in [-0.2, -0.15) is 0 Å². The molecule has 0 aliphatic carbocycles. The van der Waals surface area contributed by atoms with Crippen LogP contribution in [0, 0.1) is 0 Å². The maximum absolute atomic E-state index is 3.62. The lowest BCUT2D eigenvalue weighted by molar-refractivity contribution is 0.436. The minimum atomic E-state index is 0.675. The van der Waals surface area contributed by atoms with Gasteiger partial charge in [-0.1, -0.05) is 31.2 Å². The van der Waals surface area contributed by atoms with E-state index in [1.54, 1.807) is 0 Å². The summed E-state index contributed by atoms with van der Waals surface area (Å²) in [5, 5.41) is 7.00. The molecule has 1 aliphatic rings. The molecule has 0 amide bonds. The monoisotopic (exact) mass is 218 g/mol. The lowest BCUT2D eigenvalue weighted by Crippen LogP contribution is -2.36. The first kappa shape index (κ1) is 11.6. The summed E-state index contributed by atoms with van der Waals surface area (Å²) in [6.45, 7) is 5.44. The lowest BCUT2D eigenvalue weighted by Gasteiger charge is -2.26. The van der Waals surface area contributed by atoms with Gasteiger partial charge in [-0.05, 0) is 43.5 Å². The highest BCUT2D eigenvalue weighted by Crippen LogP contribution is 2.18. The molecule has 0 saturated heterocycles. The fraction of sp³-hybridized carbons (Fsp3) is 0.571. The molecular weight excluding hydrogens is 196 g/mol. The summed E-state index contributed by atoms with van der Waals surface area (Å²) in [4.78, 5) is 0. The van der Waals surface area contributed by atoms with Gasteiger partial charge in [-0.3, -0.25) is 0 Å². The number of rotatable bonds is 5. The Bertz CT molecular complexity index is 322. The summed E-state index contributed by atoms with van der Waals surface area (Å²) in [7, 11) is 0. The first-order valence-electron chi connectivity index (χ1n) is 6.41. The quantitative estimate of drug-likeness (QED) is 0.740.